The van der Waals surface area contributed by atoms with Crippen LogP contribution in [0.1, 0.15) is 16.7 Å². The summed E-state index contributed by atoms with van der Waals surface area (Å²) in [5.41, 5.74) is -0.326. The molecule has 1 aliphatic heterocycles. The second-order valence-corrected chi connectivity index (χ2v) is 5.52. The van der Waals surface area contributed by atoms with Crippen molar-refractivity contribution >= 4 is 17.2 Å². The normalized spacial score (nSPS) is 14.6. The number of amides is 1. The fourth-order valence-electron chi connectivity index (χ4n) is 2.77. The molecule has 0 bridgehead atoms. The molecule has 0 saturated heterocycles. The minimum atomic E-state index is -4.57. The molecule has 0 spiro atoms. The highest BCUT2D eigenvalue weighted by Crippen LogP contribution is 2.39. The summed E-state index contributed by atoms with van der Waals surface area (Å²) in [5, 5.41) is 12.6. The molecule has 0 atom stereocenters. The summed E-state index contributed by atoms with van der Waals surface area (Å²) < 4.78 is 45.0. The molecule has 25 heavy (non-hydrogen) atoms. The first-order valence-electron chi connectivity index (χ1n) is 7.38. The van der Waals surface area contributed by atoms with Crippen molar-refractivity contribution in [3.8, 4) is 5.75 Å². The summed E-state index contributed by atoms with van der Waals surface area (Å²) in [6, 6.07) is 9.94. The lowest BCUT2D eigenvalue weighted by Crippen LogP contribution is -2.15. The SMILES string of the molecule is COc1ccc(C2=C(O)C(=O)Nc3cccc(C(F)(F)F)c3C2)cc1. The van der Waals surface area contributed by atoms with E-state index < -0.39 is 23.4 Å². The number of benzene rings is 2. The number of rotatable bonds is 2. The van der Waals surface area contributed by atoms with Crippen LogP contribution in [-0.2, 0) is 17.4 Å². The molecule has 0 aliphatic carbocycles. The molecule has 3 rings (SSSR count). The summed E-state index contributed by atoms with van der Waals surface area (Å²) in [7, 11) is 1.48. The number of carbonyl (C=O) groups excluding carboxylic acids is 1. The van der Waals surface area contributed by atoms with E-state index in [4.69, 9.17) is 4.74 Å². The Hall–Kier alpha value is -2.96. The Morgan fingerprint density at radius 1 is 1.12 bits per heavy atom. The molecule has 0 saturated carbocycles. The van der Waals surface area contributed by atoms with Gasteiger partial charge in [-0.1, -0.05) is 18.2 Å². The maximum atomic E-state index is 13.3. The second kappa shape index (κ2) is 6.16. The van der Waals surface area contributed by atoms with Crippen LogP contribution in [0.15, 0.2) is 48.2 Å². The van der Waals surface area contributed by atoms with Gasteiger partial charge >= 0.3 is 6.18 Å². The Kier molecular flexibility index (Phi) is 4.16. The molecule has 0 fully saturated rings. The van der Waals surface area contributed by atoms with Gasteiger partial charge in [-0.3, -0.25) is 4.79 Å². The van der Waals surface area contributed by atoms with E-state index in [0.29, 0.717) is 11.3 Å². The van der Waals surface area contributed by atoms with E-state index in [1.165, 1.54) is 19.2 Å². The number of ether oxygens (including phenoxy) is 1. The first kappa shape index (κ1) is 16.9. The molecular weight excluding hydrogens is 335 g/mol. The van der Waals surface area contributed by atoms with Gasteiger partial charge in [-0.25, -0.2) is 0 Å². The predicted octanol–water partition coefficient (Wildman–Crippen LogP) is 4.18. The van der Waals surface area contributed by atoms with Crippen LogP contribution in [0.3, 0.4) is 0 Å². The average molecular weight is 349 g/mol. The third-order valence-electron chi connectivity index (χ3n) is 4.02. The summed E-state index contributed by atoms with van der Waals surface area (Å²) in [5.74, 6) is -0.892. The van der Waals surface area contributed by atoms with E-state index in [9.17, 15) is 23.1 Å². The molecule has 130 valence electrons. The van der Waals surface area contributed by atoms with Crippen LogP contribution < -0.4 is 10.1 Å². The van der Waals surface area contributed by atoms with Crippen molar-refractivity contribution in [1.29, 1.82) is 0 Å². The van der Waals surface area contributed by atoms with Crippen LogP contribution in [0.25, 0.3) is 5.57 Å². The van der Waals surface area contributed by atoms with E-state index in [0.717, 1.165) is 6.07 Å². The minimum absolute atomic E-state index is 0.0369. The lowest BCUT2D eigenvalue weighted by atomic mass is 9.93. The number of alkyl halides is 3. The van der Waals surface area contributed by atoms with Gasteiger partial charge in [0, 0.05) is 17.7 Å². The van der Waals surface area contributed by atoms with Crippen molar-refractivity contribution in [1.82, 2.24) is 0 Å². The number of hydrogen-bond acceptors (Lipinski definition) is 3. The molecule has 0 radical (unpaired) electrons. The van der Waals surface area contributed by atoms with Gasteiger partial charge in [0.1, 0.15) is 5.75 Å². The number of carbonyl (C=O) groups is 1. The van der Waals surface area contributed by atoms with E-state index in [1.54, 1.807) is 24.3 Å². The van der Waals surface area contributed by atoms with Crippen LogP contribution in [0.2, 0.25) is 0 Å². The highest BCUT2D eigenvalue weighted by molar-refractivity contribution is 6.09. The van der Waals surface area contributed by atoms with Gasteiger partial charge in [-0.2, -0.15) is 13.2 Å². The van der Waals surface area contributed by atoms with Gasteiger partial charge < -0.3 is 15.2 Å². The molecular formula is C18H14F3NO3. The van der Waals surface area contributed by atoms with Crippen LogP contribution in [-0.4, -0.2) is 18.1 Å². The van der Waals surface area contributed by atoms with E-state index in [2.05, 4.69) is 5.32 Å². The van der Waals surface area contributed by atoms with Gasteiger partial charge in [-0.15, -0.1) is 0 Å². The Morgan fingerprint density at radius 3 is 2.40 bits per heavy atom. The molecule has 4 nitrogen and oxygen atoms in total. The van der Waals surface area contributed by atoms with Gasteiger partial charge in [0.2, 0.25) is 0 Å². The third-order valence-corrected chi connectivity index (χ3v) is 4.02. The lowest BCUT2D eigenvalue weighted by Gasteiger charge is -2.16. The number of aliphatic hydroxyl groups excluding tert-OH is 1. The molecule has 7 heteroatoms. The zero-order valence-electron chi connectivity index (χ0n) is 13.1. The van der Waals surface area contributed by atoms with Crippen molar-refractivity contribution in [3.63, 3.8) is 0 Å². The van der Waals surface area contributed by atoms with Gasteiger partial charge in [-0.05, 0) is 35.4 Å². The van der Waals surface area contributed by atoms with E-state index in [1.807, 2.05) is 0 Å². The van der Waals surface area contributed by atoms with Crippen molar-refractivity contribution in [2.45, 2.75) is 12.6 Å². The second-order valence-electron chi connectivity index (χ2n) is 5.52. The van der Waals surface area contributed by atoms with E-state index >= 15 is 0 Å². The zero-order valence-corrected chi connectivity index (χ0v) is 13.1. The summed E-state index contributed by atoms with van der Waals surface area (Å²) in [6.07, 6.45) is -4.80. The van der Waals surface area contributed by atoms with Crippen molar-refractivity contribution in [2.75, 3.05) is 12.4 Å². The maximum Gasteiger partial charge on any atom is 0.416 e. The first-order chi connectivity index (χ1) is 11.8. The largest absolute Gasteiger partial charge is 0.503 e. The van der Waals surface area contributed by atoms with Gasteiger partial charge in [0.15, 0.2) is 5.76 Å². The van der Waals surface area contributed by atoms with Crippen LogP contribution in [0, 0.1) is 0 Å². The number of methoxy groups -OCH3 is 1. The van der Waals surface area contributed by atoms with Gasteiger partial charge in [0.05, 0.1) is 12.7 Å². The van der Waals surface area contributed by atoms with Gasteiger partial charge in [0.25, 0.3) is 5.91 Å². The molecule has 1 aliphatic rings. The smallest absolute Gasteiger partial charge is 0.416 e. The van der Waals surface area contributed by atoms with Crippen molar-refractivity contribution in [2.24, 2.45) is 0 Å². The Labute approximate surface area is 141 Å². The molecule has 0 aromatic heterocycles. The highest BCUT2D eigenvalue weighted by atomic mass is 19.4. The molecule has 1 amide bonds. The minimum Gasteiger partial charge on any atom is -0.503 e. The third kappa shape index (κ3) is 3.17. The fraction of sp³-hybridized carbons (Fsp3) is 0.167. The summed E-state index contributed by atoms with van der Waals surface area (Å²) in [6.45, 7) is 0. The quantitative estimate of drug-likeness (QED) is 0.855. The number of fused-ring (bicyclic) bond motifs is 1. The van der Waals surface area contributed by atoms with Crippen molar-refractivity contribution in [3.05, 3.63) is 64.9 Å². The number of allylic oxidation sites excluding steroid dienone is 1. The highest BCUT2D eigenvalue weighted by Gasteiger charge is 2.36. The molecule has 2 aromatic carbocycles. The summed E-state index contributed by atoms with van der Waals surface area (Å²) >= 11 is 0. The van der Waals surface area contributed by atoms with Crippen LogP contribution in [0.5, 0.6) is 5.75 Å². The topological polar surface area (TPSA) is 58.6 Å². The Morgan fingerprint density at radius 2 is 1.80 bits per heavy atom. The molecule has 0 unspecified atom stereocenters. The number of halogens is 3. The lowest BCUT2D eigenvalue weighted by molar-refractivity contribution is -0.138. The Bertz CT molecular complexity index is 855. The Balaban J connectivity index is 2.14. The van der Waals surface area contributed by atoms with Crippen LogP contribution in [0.4, 0.5) is 18.9 Å². The van der Waals surface area contributed by atoms with Crippen molar-refractivity contribution < 1.29 is 27.8 Å². The standard InChI is InChI=1S/C18H14F3NO3/c1-25-11-7-5-10(6-8-11)12-9-13-14(18(19,20)21)3-2-4-15(13)22-17(24)16(12)23/h2-8,23H,9H2,1H3,(H,22,24). The van der Waals surface area contributed by atoms with Crippen LogP contribution >= 0.6 is 0 Å². The number of anilines is 1. The average Bonchev–Trinajstić information content (AvgIpc) is 2.71. The maximum absolute atomic E-state index is 13.3. The monoisotopic (exact) mass is 349 g/mol. The predicted molar refractivity (Wildman–Crippen MR) is 86.3 cm³/mol. The molecule has 1 heterocycles. The number of hydrogen-bond donors (Lipinski definition) is 2. The summed E-state index contributed by atoms with van der Waals surface area (Å²) in [4.78, 5) is 12.1. The number of nitrogens with one attached hydrogen (secondary N) is 1. The first-order valence-corrected chi connectivity index (χ1v) is 7.38. The molecule has 2 N–H and O–H groups in total. The fourth-order valence-corrected chi connectivity index (χ4v) is 2.77. The van der Waals surface area contributed by atoms with E-state index in [-0.39, 0.29) is 23.2 Å². The molecule has 2 aromatic rings. The number of aliphatic hydroxyl groups is 1. The zero-order chi connectivity index (χ0) is 18.2.